The maximum absolute atomic E-state index is 11.9. The van der Waals surface area contributed by atoms with Crippen molar-refractivity contribution in [3.05, 3.63) is 18.1 Å². The second-order valence-corrected chi connectivity index (χ2v) is 3.32. The summed E-state index contributed by atoms with van der Waals surface area (Å²) in [6.07, 6.45) is 3.03. The van der Waals surface area contributed by atoms with Gasteiger partial charge in [-0.25, -0.2) is 9.97 Å². The normalized spacial score (nSPS) is 10.4. The Morgan fingerprint density at radius 2 is 2.07 bits per heavy atom. The molecule has 4 heteroatoms. The first-order valence-corrected chi connectivity index (χ1v) is 5.13. The van der Waals surface area contributed by atoms with Gasteiger partial charge in [-0.05, 0) is 12.8 Å². The fourth-order valence-corrected chi connectivity index (χ4v) is 1.45. The number of ketones is 1. The second kappa shape index (κ2) is 5.44. The van der Waals surface area contributed by atoms with Gasteiger partial charge in [-0.1, -0.05) is 13.8 Å². The van der Waals surface area contributed by atoms with Gasteiger partial charge in [-0.15, -0.1) is 0 Å². The summed E-state index contributed by atoms with van der Waals surface area (Å²) in [5, 5.41) is 0. The van der Waals surface area contributed by atoms with E-state index in [0.717, 1.165) is 12.8 Å². The van der Waals surface area contributed by atoms with Gasteiger partial charge < -0.3 is 4.74 Å². The summed E-state index contributed by atoms with van der Waals surface area (Å²) in [6.45, 7) is 4.01. The quantitative estimate of drug-likeness (QED) is 0.695. The number of Topliss-reactive ketones (excluding diaryl/α,β-unsaturated/α-hetero) is 1. The van der Waals surface area contributed by atoms with E-state index in [1.807, 2.05) is 13.8 Å². The lowest BCUT2D eigenvalue weighted by Gasteiger charge is -2.10. The molecule has 1 aromatic rings. The molecule has 0 saturated heterocycles. The number of hydrogen-bond donors (Lipinski definition) is 0. The maximum Gasteiger partial charge on any atom is 0.216 e. The first-order chi connectivity index (χ1) is 7.22. The van der Waals surface area contributed by atoms with Crippen LogP contribution in [0.4, 0.5) is 0 Å². The van der Waals surface area contributed by atoms with Crippen LogP contribution >= 0.6 is 0 Å². The summed E-state index contributed by atoms with van der Waals surface area (Å²) < 4.78 is 4.95. The second-order valence-electron chi connectivity index (χ2n) is 3.32. The molecule has 15 heavy (non-hydrogen) atoms. The van der Waals surface area contributed by atoms with Crippen molar-refractivity contribution < 1.29 is 9.53 Å². The summed E-state index contributed by atoms with van der Waals surface area (Å²) in [4.78, 5) is 19.8. The molecule has 0 unspecified atom stereocenters. The van der Waals surface area contributed by atoms with Crippen molar-refractivity contribution >= 4 is 5.78 Å². The van der Waals surface area contributed by atoms with Gasteiger partial charge in [-0.2, -0.15) is 0 Å². The zero-order valence-corrected chi connectivity index (χ0v) is 9.36. The molecule has 0 N–H and O–H groups in total. The van der Waals surface area contributed by atoms with Gasteiger partial charge in [0.2, 0.25) is 5.88 Å². The first-order valence-electron chi connectivity index (χ1n) is 5.13. The van der Waals surface area contributed by atoms with Gasteiger partial charge in [0, 0.05) is 12.0 Å². The summed E-state index contributed by atoms with van der Waals surface area (Å²) in [6, 6.07) is 1.58. The van der Waals surface area contributed by atoms with E-state index >= 15 is 0 Å². The third-order valence-electron chi connectivity index (χ3n) is 2.46. The van der Waals surface area contributed by atoms with Crippen molar-refractivity contribution in [1.29, 1.82) is 0 Å². The number of carbonyl (C=O) groups is 1. The average molecular weight is 208 g/mol. The highest BCUT2D eigenvalue weighted by molar-refractivity contribution is 5.96. The number of hydrogen-bond acceptors (Lipinski definition) is 4. The SMILES string of the molecule is CCC(CC)C(=O)c1cc(OC)ncn1. The molecular weight excluding hydrogens is 192 g/mol. The monoisotopic (exact) mass is 208 g/mol. The number of ether oxygens (including phenoxy) is 1. The molecule has 0 aromatic carbocycles. The van der Waals surface area contributed by atoms with Crippen LogP contribution in [0.2, 0.25) is 0 Å². The topological polar surface area (TPSA) is 52.1 Å². The summed E-state index contributed by atoms with van der Waals surface area (Å²) in [5.74, 6) is 0.546. The van der Waals surface area contributed by atoms with E-state index < -0.39 is 0 Å². The molecule has 0 amide bonds. The summed E-state index contributed by atoms with van der Waals surface area (Å²) in [5.41, 5.74) is 0.440. The molecule has 1 heterocycles. The van der Waals surface area contributed by atoms with Crippen molar-refractivity contribution in [2.45, 2.75) is 26.7 Å². The van der Waals surface area contributed by atoms with Crippen LogP contribution in [-0.4, -0.2) is 22.9 Å². The van der Waals surface area contributed by atoms with Gasteiger partial charge in [0.15, 0.2) is 5.78 Å². The number of rotatable bonds is 5. The molecular formula is C11H16N2O2. The zero-order chi connectivity index (χ0) is 11.3. The van der Waals surface area contributed by atoms with Crippen LogP contribution in [0.1, 0.15) is 37.2 Å². The van der Waals surface area contributed by atoms with Gasteiger partial charge in [0.05, 0.1) is 7.11 Å². The minimum atomic E-state index is 0.0459. The van der Waals surface area contributed by atoms with E-state index in [9.17, 15) is 4.79 Å². The van der Waals surface area contributed by atoms with E-state index in [0.29, 0.717) is 11.6 Å². The average Bonchev–Trinajstić information content (AvgIpc) is 2.30. The Hall–Kier alpha value is -1.45. The standard InChI is InChI=1S/C11H16N2O2/c1-4-8(5-2)11(14)9-6-10(15-3)13-7-12-9/h6-8H,4-5H2,1-3H3. The van der Waals surface area contributed by atoms with Crippen molar-refractivity contribution in [3.63, 3.8) is 0 Å². The number of carbonyl (C=O) groups excluding carboxylic acids is 1. The molecule has 0 spiro atoms. The first kappa shape index (κ1) is 11.6. The minimum Gasteiger partial charge on any atom is -0.481 e. The Labute approximate surface area is 89.7 Å². The van der Waals surface area contributed by atoms with Crippen LogP contribution in [0.25, 0.3) is 0 Å². The molecule has 0 bridgehead atoms. The number of aromatic nitrogens is 2. The van der Waals surface area contributed by atoms with Crippen LogP contribution in [0.3, 0.4) is 0 Å². The predicted molar refractivity (Wildman–Crippen MR) is 57.0 cm³/mol. The summed E-state index contributed by atoms with van der Waals surface area (Å²) in [7, 11) is 1.52. The Bertz CT molecular complexity index is 335. The third-order valence-corrected chi connectivity index (χ3v) is 2.46. The van der Waals surface area contributed by atoms with Gasteiger partial charge in [0.25, 0.3) is 0 Å². The van der Waals surface area contributed by atoms with E-state index in [4.69, 9.17) is 4.74 Å². The van der Waals surface area contributed by atoms with Crippen LogP contribution in [0, 0.1) is 5.92 Å². The Morgan fingerprint density at radius 1 is 1.40 bits per heavy atom. The molecule has 1 rings (SSSR count). The molecule has 0 aliphatic heterocycles. The molecule has 4 nitrogen and oxygen atoms in total. The van der Waals surface area contributed by atoms with Crippen LogP contribution < -0.4 is 4.74 Å². The lowest BCUT2D eigenvalue weighted by atomic mass is 9.96. The summed E-state index contributed by atoms with van der Waals surface area (Å²) >= 11 is 0. The van der Waals surface area contributed by atoms with E-state index in [1.54, 1.807) is 6.07 Å². The van der Waals surface area contributed by atoms with E-state index in [1.165, 1.54) is 13.4 Å². The van der Waals surface area contributed by atoms with Gasteiger partial charge in [-0.3, -0.25) is 4.79 Å². The van der Waals surface area contributed by atoms with Crippen LogP contribution in [0.5, 0.6) is 5.88 Å². The Kier molecular flexibility index (Phi) is 4.21. The smallest absolute Gasteiger partial charge is 0.216 e. The van der Waals surface area contributed by atoms with Gasteiger partial charge in [0.1, 0.15) is 12.0 Å². The molecule has 1 aromatic heterocycles. The van der Waals surface area contributed by atoms with Crippen LogP contribution in [0.15, 0.2) is 12.4 Å². The largest absolute Gasteiger partial charge is 0.481 e. The zero-order valence-electron chi connectivity index (χ0n) is 9.36. The molecule has 0 aliphatic rings. The van der Waals surface area contributed by atoms with Crippen LogP contribution in [-0.2, 0) is 0 Å². The lowest BCUT2D eigenvalue weighted by Crippen LogP contribution is -2.14. The fourth-order valence-electron chi connectivity index (χ4n) is 1.45. The molecule has 0 saturated carbocycles. The minimum absolute atomic E-state index is 0.0459. The Morgan fingerprint density at radius 3 is 2.60 bits per heavy atom. The number of nitrogens with zero attached hydrogens (tertiary/aromatic N) is 2. The predicted octanol–water partition coefficient (Wildman–Crippen LogP) is 2.10. The molecule has 0 fully saturated rings. The Balaban J connectivity index is 2.90. The van der Waals surface area contributed by atoms with E-state index in [2.05, 4.69) is 9.97 Å². The molecule has 82 valence electrons. The third kappa shape index (κ3) is 2.75. The fraction of sp³-hybridized carbons (Fsp3) is 0.545. The van der Waals surface area contributed by atoms with Crippen molar-refractivity contribution in [1.82, 2.24) is 9.97 Å². The van der Waals surface area contributed by atoms with Gasteiger partial charge >= 0.3 is 0 Å². The number of methoxy groups -OCH3 is 1. The van der Waals surface area contributed by atoms with E-state index in [-0.39, 0.29) is 11.7 Å². The molecule has 0 aliphatic carbocycles. The highest BCUT2D eigenvalue weighted by Gasteiger charge is 2.18. The highest BCUT2D eigenvalue weighted by Crippen LogP contribution is 2.16. The molecule has 0 atom stereocenters. The maximum atomic E-state index is 11.9. The highest BCUT2D eigenvalue weighted by atomic mass is 16.5. The van der Waals surface area contributed by atoms with Crippen molar-refractivity contribution in [3.8, 4) is 5.88 Å². The lowest BCUT2D eigenvalue weighted by molar-refractivity contribution is 0.0907. The molecule has 0 radical (unpaired) electrons. The van der Waals surface area contributed by atoms with Crippen molar-refractivity contribution in [2.75, 3.05) is 7.11 Å². The van der Waals surface area contributed by atoms with Crippen molar-refractivity contribution in [2.24, 2.45) is 5.92 Å².